The Bertz CT molecular complexity index is 345. The van der Waals surface area contributed by atoms with E-state index in [-0.39, 0.29) is 0 Å². The van der Waals surface area contributed by atoms with E-state index in [1.807, 2.05) is 0 Å². The molecule has 0 unspecified atom stereocenters. The molecule has 2 heteroatoms. The molecule has 1 N–H and O–H groups in total. The van der Waals surface area contributed by atoms with Gasteiger partial charge in [-0.2, -0.15) is 11.8 Å². The average Bonchev–Trinajstić information content (AvgIpc) is 2.87. The van der Waals surface area contributed by atoms with Crippen molar-refractivity contribution in [1.82, 2.24) is 5.32 Å². The molecule has 2 rings (SSSR count). The van der Waals surface area contributed by atoms with Crippen molar-refractivity contribution in [3.63, 3.8) is 0 Å². The zero-order chi connectivity index (χ0) is 12.6. The number of nitrogens with one attached hydrogen (secondary N) is 1. The van der Waals surface area contributed by atoms with E-state index in [0.29, 0.717) is 0 Å². The third-order valence-electron chi connectivity index (χ3n) is 3.60. The Hall–Kier alpha value is -0.470. The van der Waals surface area contributed by atoms with E-state index in [1.54, 1.807) is 0 Å². The topological polar surface area (TPSA) is 12.0 Å². The largest absolute Gasteiger partial charge is 0.314 e. The zero-order valence-electron chi connectivity index (χ0n) is 11.5. The van der Waals surface area contributed by atoms with Crippen molar-refractivity contribution in [1.29, 1.82) is 0 Å². The van der Waals surface area contributed by atoms with Gasteiger partial charge in [-0.1, -0.05) is 42.7 Å². The van der Waals surface area contributed by atoms with Gasteiger partial charge in [-0.25, -0.2) is 0 Å². The van der Waals surface area contributed by atoms with Crippen molar-refractivity contribution in [2.45, 2.75) is 50.8 Å². The van der Waals surface area contributed by atoms with Crippen molar-refractivity contribution < 1.29 is 0 Å². The molecule has 1 aliphatic carbocycles. The van der Waals surface area contributed by atoms with Crippen LogP contribution in [0.15, 0.2) is 24.3 Å². The van der Waals surface area contributed by atoms with E-state index in [4.69, 9.17) is 0 Å². The minimum absolute atomic E-state index is 0.826. The fourth-order valence-corrected chi connectivity index (χ4v) is 3.51. The number of benzene rings is 1. The second-order valence-corrected chi connectivity index (χ2v) is 6.44. The van der Waals surface area contributed by atoms with Gasteiger partial charge in [-0.05, 0) is 44.0 Å². The van der Waals surface area contributed by atoms with E-state index in [2.05, 4.69) is 48.3 Å². The molecule has 1 aromatic carbocycles. The highest BCUT2D eigenvalue weighted by molar-refractivity contribution is 7.98. The molecule has 0 heterocycles. The van der Waals surface area contributed by atoms with E-state index in [1.165, 1.54) is 55.5 Å². The zero-order valence-corrected chi connectivity index (χ0v) is 12.3. The molecule has 0 atom stereocenters. The van der Waals surface area contributed by atoms with Crippen LogP contribution in [0.4, 0.5) is 0 Å². The van der Waals surface area contributed by atoms with Crippen LogP contribution in [-0.4, -0.2) is 18.3 Å². The van der Waals surface area contributed by atoms with Crippen LogP contribution >= 0.6 is 11.8 Å². The Labute approximate surface area is 116 Å². The summed E-state index contributed by atoms with van der Waals surface area (Å²) in [7, 11) is 0. The second-order valence-electron chi connectivity index (χ2n) is 5.33. The lowest BCUT2D eigenvalue weighted by atomic mass is 10.2. The molecule has 1 aliphatic rings. The summed E-state index contributed by atoms with van der Waals surface area (Å²) >= 11 is 2.06. The Morgan fingerprint density at radius 1 is 1.28 bits per heavy atom. The highest BCUT2D eigenvalue weighted by Gasteiger charge is 2.12. The second kappa shape index (κ2) is 7.85. The third kappa shape index (κ3) is 5.03. The van der Waals surface area contributed by atoms with Crippen LogP contribution < -0.4 is 5.32 Å². The van der Waals surface area contributed by atoms with Crippen molar-refractivity contribution >= 4 is 11.8 Å². The third-order valence-corrected chi connectivity index (χ3v) is 4.72. The normalized spacial score (nSPS) is 16.3. The number of thioether (sulfide) groups is 1. The highest BCUT2D eigenvalue weighted by atomic mass is 32.2. The predicted octanol–water partition coefficient (Wildman–Crippen LogP) is 4.15. The number of hydrogen-bond acceptors (Lipinski definition) is 2. The Kier molecular flexibility index (Phi) is 6.09. The summed E-state index contributed by atoms with van der Waals surface area (Å²) < 4.78 is 0. The van der Waals surface area contributed by atoms with Gasteiger partial charge in [0.1, 0.15) is 0 Å². The fourth-order valence-electron chi connectivity index (χ4n) is 2.60. The van der Waals surface area contributed by atoms with Gasteiger partial charge in [0, 0.05) is 11.8 Å². The first-order chi connectivity index (χ1) is 8.84. The van der Waals surface area contributed by atoms with E-state index in [9.17, 15) is 0 Å². The molecule has 1 saturated carbocycles. The van der Waals surface area contributed by atoms with Crippen molar-refractivity contribution in [3.05, 3.63) is 35.4 Å². The Balaban J connectivity index is 1.50. The summed E-state index contributed by atoms with van der Waals surface area (Å²) in [5, 5.41) is 3.68. The summed E-state index contributed by atoms with van der Waals surface area (Å²) in [6.45, 7) is 3.37. The molecule has 1 fully saturated rings. The summed E-state index contributed by atoms with van der Waals surface area (Å²) in [6.07, 6.45) is 6.96. The monoisotopic (exact) mass is 263 g/mol. The summed E-state index contributed by atoms with van der Waals surface area (Å²) in [6, 6.07) is 9.68. The molecule has 0 aromatic heterocycles. The van der Waals surface area contributed by atoms with Gasteiger partial charge >= 0.3 is 0 Å². The molecule has 0 spiro atoms. The first-order valence-corrected chi connectivity index (χ1v) is 8.37. The van der Waals surface area contributed by atoms with Gasteiger partial charge in [-0.3, -0.25) is 0 Å². The van der Waals surface area contributed by atoms with Gasteiger partial charge in [0.05, 0.1) is 0 Å². The van der Waals surface area contributed by atoms with Gasteiger partial charge in [0.2, 0.25) is 0 Å². The lowest BCUT2D eigenvalue weighted by Gasteiger charge is -2.11. The van der Waals surface area contributed by atoms with E-state index < -0.39 is 0 Å². The molecular weight excluding hydrogens is 238 g/mol. The summed E-state index contributed by atoms with van der Waals surface area (Å²) in [5.74, 6) is 2.43. The molecule has 0 amide bonds. The summed E-state index contributed by atoms with van der Waals surface area (Å²) in [4.78, 5) is 0. The van der Waals surface area contributed by atoms with Crippen LogP contribution in [0.25, 0.3) is 0 Å². The molecular formula is C16H25NS. The maximum atomic E-state index is 3.68. The molecule has 100 valence electrons. The molecule has 18 heavy (non-hydrogen) atoms. The highest BCUT2D eigenvalue weighted by Crippen LogP contribution is 2.18. The van der Waals surface area contributed by atoms with Gasteiger partial charge in [-0.15, -0.1) is 0 Å². The minimum Gasteiger partial charge on any atom is -0.314 e. The molecule has 1 nitrogen and oxygen atoms in total. The molecule has 0 saturated heterocycles. The Morgan fingerprint density at radius 2 is 2.11 bits per heavy atom. The van der Waals surface area contributed by atoms with Gasteiger partial charge in [0.15, 0.2) is 0 Å². The smallest absolute Gasteiger partial charge is 0.0184 e. The van der Waals surface area contributed by atoms with Crippen molar-refractivity contribution in [2.75, 3.05) is 12.3 Å². The molecule has 1 aromatic rings. The molecule has 0 radical (unpaired) electrons. The van der Waals surface area contributed by atoms with Crippen LogP contribution in [0.1, 0.15) is 43.2 Å². The van der Waals surface area contributed by atoms with E-state index in [0.717, 1.165) is 11.8 Å². The van der Waals surface area contributed by atoms with Crippen LogP contribution in [0.5, 0.6) is 0 Å². The number of aryl methyl sites for hydroxylation is 1. The number of hydrogen-bond donors (Lipinski definition) is 1. The van der Waals surface area contributed by atoms with Crippen LogP contribution in [0, 0.1) is 6.92 Å². The Morgan fingerprint density at radius 3 is 2.89 bits per heavy atom. The van der Waals surface area contributed by atoms with Gasteiger partial charge in [0.25, 0.3) is 0 Å². The molecule has 0 aliphatic heterocycles. The SMILES string of the molecule is Cc1cccc(CSCCCNC2CCCC2)c1. The van der Waals surface area contributed by atoms with Crippen LogP contribution in [0.3, 0.4) is 0 Å². The van der Waals surface area contributed by atoms with E-state index >= 15 is 0 Å². The first-order valence-electron chi connectivity index (χ1n) is 7.21. The maximum absolute atomic E-state index is 3.68. The minimum atomic E-state index is 0.826. The number of rotatable bonds is 7. The first kappa shape index (κ1) is 14.0. The van der Waals surface area contributed by atoms with Gasteiger partial charge < -0.3 is 5.32 Å². The lowest BCUT2D eigenvalue weighted by molar-refractivity contribution is 0.525. The summed E-state index contributed by atoms with van der Waals surface area (Å²) in [5.41, 5.74) is 2.83. The van der Waals surface area contributed by atoms with Crippen LogP contribution in [0.2, 0.25) is 0 Å². The predicted molar refractivity (Wildman–Crippen MR) is 82.2 cm³/mol. The van der Waals surface area contributed by atoms with Crippen LogP contribution in [-0.2, 0) is 5.75 Å². The average molecular weight is 263 g/mol. The molecule has 0 bridgehead atoms. The quantitative estimate of drug-likeness (QED) is 0.742. The van der Waals surface area contributed by atoms with Crippen molar-refractivity contribution in [3.8, 4) is 0 Å². The maximum Gasteiger partial charge on any atom is 0.0184 e. The fraction of sp³-hybridized carbons (Fsp3) is 0.625. The standard InChI is InChI=1S/C16H25NS/c1-14-6-4-7-15(12-14)13-18-11-5-10-17-16-8-2-3-9-16/h4,6-7,12,16-17H,2-3,5,8-11,13H2,1H3. The lowest BCUT2D eigenvalue weighted by Crippen LogP contribution is -2.27. The van der Waals surface area contributed by atoms with Crippen molar-refractivity contribution in [2.24, 2.45) is 0 Å².